The molecule has 1 atom stereocenters. The fourth-order valence-electron chi connectivity index (χ4n) is 3.17. The van der Waals surface area contributed by atoms with Gasteiger partial charge < -0.3 is 10.1 Å². The molecule has 3 amide bonds. The van der Waals surface area contributed by atoms with Crippen molar-refractivity contribution >= 4 is 33.2 Å². The summed E-state index contributed by atoms with van der Waals surface area (Å²) in [6.45, 7) is 2.64. The van der Waals surface area contributed by atoms with Gasteiger partial charge in [0.15, 0.2) is 0 Å². The molecule has 0 spiro atoms. The van der Waals surface area contributed by atoms with Crippen LogP contribution in [0.15, 0.2) is 36.4 Å². The number of amides is 3. The molecular weight excluding hydrogens is 408 g/mol. The molecule has 8 nitrogen and oxygen atoms in total. The van der Waals surface area contributed by atoms with Gasteiger partial charge in [-0.05, 0) is 36.2 Å². The van der Waals surface area contributed by atoms with Crippen LogP contribution in [0.5, 0.6) is 5.75 Å². The minimum atomic E-state index is -5.81. The maximum absolute atomic E-state index is 13.6. The molecule has 0 aromatic heterocycles. The first-order valence-electron chi connectivity index (χ1n) is 11.6. The minimum absolute atomic E-state index is 0.0769. The summed E-state index contributed by atoms with van der Waals surface area (Å²) in [6, 6.07) is 3.89. The molecule has 0 saturated heterocycles. The van der Waals surface area contributed by atoms with Crippen LogP contribution in [0.4, 0.5) is 5.69 Å². The number of hydrogen-bond donors (Lipinski definition) is 1. The Balaban J connectivity index is 2.38. The number of methoxy groups -OCH3 is 1. The zero-order chi connectivity index (χ0) is 27.4. The smallest absolute Gasteiger partial charge is 0.264 e. The molecule has 9 heteroatoms. The van der Waals surface area contributed by atoms with Gasteiger partial charge in [0, 0.05) is 20.0 Å². The number of fused-ring (bicyclic) bond motifs is 1. The van der Waals surface area contributed by atoms with Crippen molar-refractivity contribution in [3.63, 3.8) is 0 Å². The Bertz CT molecular complexity index is 1390. The average Bonchev–Trinajstić information content (AvgIpc) is 3.03. The molecule has 1 N–H and O–H groups in total. The molecule has 0 saturated carbocycles. The van der Waals surface area contributed by atoms with E-state index < -0.39 is 51.0 Å². The van der Waals surface area contributed by atoms with Crippen LogP contribution < -0.4 is 10.1 Å². The van der Waals surface area contributed by atoms with E-state index in [0.29, 0.717) is 5.56 Å². The van der Waals surface area contributed by atoms with Gasteiger partial charge in [-0.25, -0.2) is 8.42 Å². The van der Waals surface area contributed by atoms with Crippen LogP contribution in [-0.4, -0.2) is 50.0 Å². The van der Waals surface area contributed by atoms with Crippen molar-refractivity contribution in [2.24, 2.45) is 0 Å². The van der Waals surface area contributed by atoms with Gasteiger partial charge in [-0.1, -0.05) is 18.2 Å². The van der Waals surface area contributed by atoms with Gasteiger partial charge in [-0.15, -0.1) is 0 Å². The number of nitrogens with one attached hydrogen (secondary N) is 1. The first-order valence-corrected chi connectivity index (χ1v) is 10.1. The van der Waals surface area contributed by atoms with Crippen LogP contribution in [0.1, 0.15) is 53.0 Å². The van der Waals surface area contributed by atoms with Gasteiger partial charge in [0.05, 0.1) is 37.0 Å². The van der Waals surface area contributed by atoms with Crippen molar-refractivity contribution in [1.82, 2.24) is 4.90 Å². The number of anilines is 1. The predicted molar refractivity (Wildman–Crippen MR) is 111 cm³/mol. The largest absolute Gasteiger partial charge is 0.496 e. The summed E-state index contributed by atoms with van der Waals surface area (Å²) in [5, 5.41) is 2.37. The van der Waals surface area contributed by atoms with Crippen molar-refractivity contribution in [3.05, 3.63) is 58.7 Å². The van der Waals surface area contributed by atoms with Gasteiger partial charge in [0.1, 0.15) is 15.6 Å². The van der Waals surface area contributed by atoms with Crippen molar-refractivity contribution in [1.29, 1.82) is 0 Å². The lowest BCUT2D eigenvalue weighted by Crippen LogP contribution is -2.37. The Morgan fingerprint density at radius 2 is 2.03 bits per heavy atom. The highest BCUT2D eigenvalue weighted by atomic mass is 32.2. The van der Waals surface area contributed by atoms with Gasteiger partial charge in [-0.3, -0.25) is 19.3 Å². The molecule has 158 valence electrons. The first kappa shape index (κ1) is 14.7. The minimum Gasteiger partial charge on any atom is -0.496 e. The standard InChI is InChI=1S/C21H22N2O6S/c1-12-10-14(8-9-18(12)29-3)17(11-30(4,27)28)23-20(25)15-6-5-7-16(22-13(2)24)19(15)21(23)26/h5-10,17H,11H2,1-4H3,(H,22,24)/t17-/m1/s1/i4D3,11D2,17D. The first-order chi connectivity index (χ1) is 16.4. The van der Waals surface area contributed by atoms with Gasteiger partial charge >= 0.3 is 0 Å². The number of aryl methyl sites for hydroxylation is 1. The molecule has 3 rings (SSSR count). The molecule has 0 bridgehead atoms. The summed E-state index contributed by atoms with van der Waals surface area (Å²) in [5.41, 5.74) is -5.04. The van der Waals surface area contributed by atoms with Crippen LogP contribution in [-0.2, 0) is 14.6 Å². The second-order valence-corrected chi connectivity index (χ2v) is 7.70. The Kier molecular flexibility index (Phi) is 3.88. The van der Waals surface area contributed by atoms with E-state index in [1.165, 1.54) is 38.3 Å². The Morgan fingerprint density at radius 1 is 1.30 bits per heavy atom. The van der Waals surface area contributed by atoms with E-state index >= 15 is 0 Å². The van der Waals surface area contributed by atoms with E-state index in [0.717, 1.165) is 19.1 Å². The van der Waals surface area contributed by atoms with Crippen LogP contribution in [0.25, 0.3) is 0 Å². The Hall–Kier alpha value is -3.20. The highest BCUT2D eigenvalue weighted by Crippen LogP contribution is 2.36. The Morgan fingerprint density at radius 3 is 2.63 bits per heavy atom. The topological polar surface area (TPSA) is 110 Å². The van der Waals surface area contributed by atoms with E-state index in [9.17, 15) is 22.8 Å². The van der Waals surface area contributed by atoms with Crippen molar-refractivity contribution in [2.45, 2.75) is 19.9 Å². The maximum atomic E-state index is 13.6. The monoisotopic (exact) mass is 436 g/mol. The Labute approximate surface area is 183 Å². The van der Waals surface area contributed by atoms with E-state index in [1.807, 2.05) is 0 Å². The fourth-order valence-corrected chi connectivity index (χ4v) is 3.63. The number of carbonyl (C=O) groups is 3. The van der Waals surface area contributed by atoms with Gasteiger partial charge in [0.2, 0.25) is 5.91 Å². The third kappa shape index (κ3) is 4.06. The zero-order valence-electron chi connectivity index (χ0n) is 22.3. The van der Waals surface area contributed by atoms with Gasteiger partial charge in [0.25, 0.3) is 11.8 Å². The second-order valence-electron chi connectivity index (χ2n) is 6.49. The lowest BCUT2D eigenvalue weighted by Gasteiger charge is -2.26. The van der Waals surface area contributed by atoms with Crippen LogP contribution in [0.3, 0.4) is 0 Å². The fraction of sp³-hybridized carbons (Fsp3) is 0.286. The molecule has 30 heavy (non-hydrogen) atoms. The third-order valence-electron chi connectivity index (χ3n) is 4.35. The number of sulfone groups is 1. The number of hydrogen-bond acceptors (Lipinski definition) is 6. The molecule has 2 aromatic rings. The summed E-state index contributed by atoms with van der Waals surface area (Å²) < 4.78 is 79.3. The summed E-state index contributed by atoms with van der Waals surface area (Å²) in [6.07, 6.45) is -3.93. The molecule has 2 aromatic carbocycles. The lowest BCUT2D eigenvalue weighted by molar-refractivity contribution is -0.114. The summed E-state index contributed by atoms with van der Waals surface area (Å²) >= 11 is 0. The predicted octanol–water partition coefficient (Wildman–Crippen LogP) is 2.34. The number of ether oxygens (including phenoxy) is 1. The van der Waals surface area contributed by atoms with Crippen LogP contribution >= 0.6 is 0 Å². The number of benzene rings is 2. The summed E-state index contributed by atoms with van der Waals surface area (Å²) in [5.74, 6) is -2.84. The number of carbonyl (C=O) groups excluding carboxylic acids is 3. The highest BCUT2D eigenvalue weighted by Gasteiger charge is 2.43. The third-order valence-corrected chi connectivity index (χ3v) is 4.81. The van der Waals surface area contributed by atoms with E-state index in [2.05, 4.69) is 5.32 Å². The molecule has 1 aliphatic heterocycles. The summed E-state index contributed by atoms with van der Waals surface area (Å²) in [4.78, 5) is 38.7. The molecule has 0 fully saturated rings. The van der Waals surface area contributed by atoms with Crippen LogP contribution in [0.2, 0.25) is 0 Å². The summed E-state index contributed by atoms with van der Waals surface area (Å²) in [7, 11) is -4.48. The molecule has 0 radical (unpaired) electrons. The number of rotatable bonds is 6. The molecule has 0 unspecified atom stereocenters. The lowest BCUT2D eigenvalue weighted by atomic mass is 10.0. The van der Waals surface area contributed by atoms with Gasteiger partial charge in [-0.2, -0.15) is 0 Å². The van der Waals surface area contributed by atoms with Crippen molar-refractivity contribution < 1.29 is 35.8 Å². The van der Waals surface area contributed by atoms with Crippen molar-refractivity contribution in [3.8, 4) is 5.75 Å². The molecule has 1 aliphatic rings. The quantitative estimate of drug-likeness (QED) is 0.696. The van der Waals surface area contributed by atoms with Crippen LogP contribution in [0, 0.1) is 6.92 Å². The molecule has 0 aliphatic carbocycles. The molecule has 1 heterocycles. The van der Waals surface area contributed by atoms with Crippen molar-refractivity contribution in [2.75, 3.05) is 24.3 Å². The van der Waals surface area contributed by atoms with E-state index in [1.54, 1.807) is 0 Å². The second kappa shape index (κ2) is 7.91. The normalized spacial score (nSPS) is 19.4. The average molecular weight is 437 g/mol. The number of imide groups is 1. The van der Waals surface area contributed by atoms with E-state index in [4.69, 9.17) is 13.0 Å². The maximum Gasteiger partial charge on any atom is 0.264 e. The highest BCUT2D eigenvalue weighted by molar-refractivity contribution is 7.90. The van der Waals surface area contributed by atoms with E-state index in [-0.39, 0.29) is 27.5 Å². The zero-order valence-corrected chi connectivity index (χ0v) is 17.1. The number of nitrogens with zero attached hydrogens (tertiary/aromatic N) is 1. The SMILES string of the molecule is [2H]C([2H])([2H])S(=O)(=O)C([2H])([2H])[C@]([2H])(c1ccc(OC)c(C)c1)N1C(=O)c2cccc(NC(C)=O)c2C1=O. The molecular formula is C21H22N2O6S.